The fourth-order valence-electron chi connectivity index (χ4n) is 5.89. The van der Waals surface area contributed by atoms with E-state index in [4.69, 9.17) is 4.42 Å². The van der Waals surface area contributed by atoms with Crippen molar-refractivity contribution in [2.24, 2.45) is 0 Å². The summed E-state index contributed by atoms with van der Waals surface area (Å²) in [6, 6.07) is 49.6. The molecule has 0 radical (unpaired) electrons. The molecule has 7 aromatic carbocycles. The highest BCUT2D eigenvalue weighted by atomic mass is 16.3. The van der Waals surface area contributed by atoms with E-state index in [1.165, 1.54) is 37.7 Å². The van der Waals surface area contributed by atoms with E-state index in [-0.39, 0.29) is 0 Å². The first-order chi connectivity index (χ1) is 18.8. The van der Waals surface area contributed by atoms with Gasteiger partial charge in [-0.3, -0.25) is 0 Å². The molecular weight excluding hydrogens is 462 g/mol. The average Bonchev–Trinajstić information content (AvgIpc) is 3.36. The van der Waals surface area contributed by atoms with Crippen LogP contribution >= 0.6 is 0 Å². The van der Waals surface area contributed by atoms with Crippen molar-refractivity contribution in [1.29, 1.82) is 0 Å². The fraction of sp³-hybridized carbons (Fsp3) is 0. The minimum absolute atomic E-state index is 0.888. The molecule has 0 spiro atoms. The third kappa shape index (κ3) is 3.14. The third-order valence-electron chi connectivity index (χ3n) is 7.62. The molecule has 0 aliphatic rings. The van der Waals surface area contributed by atoms with Crippen molar-refractivity contribution in [3.05, 3.63) is 140 Å². The van der Waals surface area contributed by atoms with Crippen molar-refractivity contribution in [3.8, 4) is 0 Å². The van der Waals surface area contributed by atoms with Gasteiger partial charge in [0.25, 0.3) is 0 Å². The predicted octanol–water partition coefficient (Wildman–Crippen LogP) is 10.5. The lowest BCUT2D eigenvalue weighted by molar-refractivity contribution is 0.669. The molecule has 2 nitrogen and oxygen atoms in total. The van der Waals surface area contributed by atoms with E-state index in [1.54, 1.807) is 0 Å². The molecular formula is C36H23NO. The molecule has 8 rings (SSSR count). The molecule has 0 saturated heterocycles. The molecule has 1 heterocycles. The summed E-state index contributed by atoms with van der Waals surface area (Å²) < 4.78 is 6.47. The minimum atomic E-state index is 0.888. The Kier molecular flexibility index (Phi) is 4.55. The van der Waals surface area contributed by atoms with Crippen LogP contribution in [-0.4, -0.2) is 0 Å². The first-order valence-electron chi connectivity index (χ1n) is 12.9. The Morgan fingerprint density at radius 1 is 0.395 bits per heavy atom. The zero-order valence-corrected chi connectivity index (χ0v) is 20.6. The third-order valence-corrected chi connectivity index (χ3v) is 7.62. The Balaban J connectivity index is 1.44. The van der Waals surface area contributed by atoms with Crippen LogP contribution < -0.4 is 4.90 Å². The van der Waals surface area contributed by atoms with Crippen LogP contribution in [0.2, 0.25) is 0 Å². The van der Waals surface area contributed by atoms with E-state index in [0.29, 0.717) is 0 Å². The van der Waals surface area contributed by atoms with Crippen LogP contribution in [0.5, 0.6) is 0 Å². The Morgan fingerprint density at radius 2 is 0.947 bits per heavy atom. The summed E-state index contributed by atoms with van der Waals surface area (Å²) in [5, 5.41) is 9.59. The van der Waals surface area contributed by atoms with Gasteiger partial charge in [0.05, 0.1) is 11.4 Å². The maximum absolute atomic E-state index is 6.47. The van der Waals surface area contributed by atoms with Crippen LogP contribution in [0, 0.1) is 0 Å². The van der Waals surface area contributed by atoms with Crippen molar-refractivity contribution >= 4 is 71.3 Å². The van der Waals surface area contributed by atoms with E-state index in [0.717, 1.165) is 33.6 Å². The maximum Gasteiger partial charge on any atom is 0.137 e. The zero-order valence-electron chi connectivity index (χ0n) is 20.6. The summed E-state index contributed by atoms with van der Waals surface area (Å²) in [7, 11) is 0. The highest BCUT2D eigenvalue weighted by molar-refractivity contribution is 6.19. The minimum Gasteiger partial charge on any atom is -0.456 e. The van der Waals surface area contributed by atoms with Gasteiger partial charge in [-0.2, -0.15) is 0 Å². The SMILES string of the molecule is c1ccc2c(N(c3ccc4c(c3)oc3ccc5ccccc5c34)c3cccc4ccccc34)cccc2c1. The highest BCUT2D eigenvalue weighted by Crippen LogP contribution is 2.44. The largest absolute Gasteiger partial charge is 0.456 e. The van der Waals surface area contributed by atoms with E-state index in [1.807, 2.05) is 0 Å². The molecule has 0 amide bonds. The molecule has 1 aromatic heterocycles. The Labute approximate surface area is 220 Å². The normalized spacial score (nSPS) is 11.7. The summed E-state index contributed by atoms with van der Waals surface area (Å²) in [4.78, 5) is 2.37. The van der Waals surface area contributed by atoms with Gasteiger partial charge >= 0.3 is 0 Å². The summed E-state index contributed by atoms with van der Waals surface area (Å²) in [6.45, 7) is 0. The second-order valence-corrected chi connectivity index (χ2v) is 9.77. The summed E-state index contributed by atoms with van der Waals surface area (Å²) in [5.41, 5.74) is 5.14. The van der Waals surface area contributed by atoms with Gasteiger partial charge in [-0.25, -0.2) is 0 Å². The topological polar surface area (TPSA) is 16.4 Å². The lowest BCUT2D eigenvalue weighted by Gasteiger charge is -2.28. The summed E-state index contributed by atoms with van der Waals surface area (Å²) in [5.74, 6) is 0. The predicted molar refractivity (Wildman–Crippen MR) is 161 cm³/mol. The Morgan fingerprint density at radius 3 is 1.61 bits per heavy atom. The van der Waals surface area contributed by atoms with E-state index in [2.05, 4.69) is 144 Å². The van der Waals surface area contributed by atoms with Gasteiger partial charge in [0.2, 0.25) is 0 Å². The van der Waals surface area contributed by atoms with Crippen LogP contribution in [0.15, 0.2) is 144 Å². The number of fused-ring (bicyclic) bond motifs is 7. The van der Waals surface area contributed by atoms with Crippen LogP contribution in [0.1, 0.15) is 0 Å². The van der Waals surface area contributed by atoms with Crippen LogP contribution in [0.4, 0.5) is 17.1 Å². The molecule has 0 bridgehead atoms. The standard InChI is InChI=1S/C36H23NO/c1-4-14-28-24(9-1)12-7-17-32(28)37(33-18-8-13-25-10-2-5-15-29(25)33)27-20-21-31-35(23-27)38-34-22-19-26-11-3-6-16-30(26)36(31)34/h1-23H. The lowest BCUT2D eigenvalue weighted by atomic mass is 10.0. The van der Waals surface area contributed by atoms with Gasteiger partial charge in [-0.15, -0.1) is 0 Å². The van der Waals surface area contributed by atoms with Crippen molar-refractivity contribution in [3.63, 3.8) is 0 Å². The number of furan rings is 1. The van der Waals surface area contributed by atoms with Crippen LogP contribution in [0.25, 0.3) is 54.3 Å². The number of hydrogen-bond donors (Lipinski definition) is 0. The van der Waals surface area contributed by atoms with Crippen molar-refractivity contribution in [2.75, 3.05) is 4.90 Å². The molecule has 0 N–H and O–H groups in total. The Hall–Kier alpha value is -5.08. The summed E-state index contributed by atoms with van der Waals surface area (Å²) >= 11 is 0. The van der Waals surface area contributed by atoms with E-state index in [9.17, 15) is 0 Å². The molecule has 38 heavy (non-hydrogen) atoms. The second-order valence-electron chi connectivity index (χ2n) is 9.77. The quantitative estimate of drug-likeness (QED) is 0.247. The van der Waals surface area contributed by atoms with Gasteiger partial charge in [0, 0.05) is 33.3 Å². The number of rotatable bonds is 3. The molecule has 2 heteroatoms. The number of anilines is 3. The molecule has 0 aliphatic carbocycles. The number of nitrogens with zero attached hydrogens (tertiary/aromatic N) is 1. The maximum atomic E-state index is 6.47. The zero-order chi connectivity index (χ0) is 25.1. The number of hydrogen-bond acceptors (Lipinski definition) is 2. The van der Waals surface area contributed by atoms with E-state index >= 15 is 0 Å². The molecule has 178 valence electrons. The van der Waals surface area contributed by atoms with E-state index < -0.39 is 0 Å². The summed E-state index contributed by atoms with van der Waals surface area (Å²) in [6.07, 6.45) is 0. The molecule has 0 fully saturated rings. The molecule has 0 atom stereocenters. The van der Waals surface area contributed by atoms with Gasteiger partial charge in [-0.1, -0.05) is 103 Å². The van der Waals surface area contributed by atoms with Crippen molar-refractivity contribution in [2.45, 2.75) is 0 Å². The van der Waals surface area contributed by atoms with Crippen molar-refractivity contribution < 1.29 is 4.42 Å². The fourth-order valence-corrected chi connectivity index (χ4v) is 5.89. The molecule has 0 aliphatic heterocycles. The molecule has 0 saturated carbocycles. The van der Waals surface area contributed by atoms with Crippen LogP contribution in [-0.2, 0) is 0 Å². The average molecular weight is 486 g/mol. The first-order valence-corrected chi connectivity index (χ1v) is 12.9. The molecule has 8 aromatic rings. The monoisotopic (exact) mass is 485 g/mol. The highest BCUT2D eigenvalue weighted by Gasteiger charge is 2.19. The Bertz CT molecular complexity index is 2060. The van der Waals surface area contributed by atoms with Gasteiger partial charge in [0.1, 0.15) is 11.2 Å². The molecule has 0 unspecified atom stereocenters. The number of benzene rings is 7. The first kappa shape index (κ1) is 21.0. The smallest absolute Gasteiger partial charge is 0.137 e. The van der Waals surface area contributed by atoms with Crippen molar-refractivity contribution in [1.82, 2.24) is 0 Å². The van der Waals surface area contributed by atoms with Gasteiger partial charge < -0.3 is 9.32 Å². The second kappa shape index (κ2) is 8.22. The van der Waals surface area contributed by atoms with Crippen LogP contribution in [0.3, 0.4) is 0 Å². The lowest BCUT2D eigenvalue weighted by Crippen LogP contribution is -2.11. The van der Waals surface area contributed by atoms with Gasteiger partial charge in [0.15, 0.2) is 0 Å². The van der Waals surface area contributed by atoms with Gasteiger partial charge in [-0.05, 0) is 51.9 Å².